The SMILES string of the molecule is CCC[C@@H]1C[C@@H](C(=O)N[C@@H]([C@H]2O[C@H](SC)[C@H](O)[C@@H](O)[C@H]2O)[C@H](C)Cl)N(C)C1O. The number of rotatable bonds is 7. The Labute approximate surface area is 175 Å². The Balaban J connectivity index is 2.13. The molecule has 0 aromatic carbocycles. The molecular formula is C18H33ClN2O6S. The van der Waals surface area contributed by atoms with E-state index in [1.807, 2.05) is 6.92 Å². The molecule has 0 spiro atoms. The van der Waals surface area contributed by atoms with Gasteiger partial charge in [-0.15, -0.1) is 23.4 Å². The molecule has 0 bridgehead atoms. The Morgan fingerprint density at radius 2 is 1.93 bits per heavy atom. The highest BCUT2D eigenvalue weighted by Gasteiger charge is 2.49. The summed E-state index contributed by atoms with van der Waals surface area (Å²) < 4.78 is 5.77. The Morgan fingerprint density at radius 1 is 1.29 bits per heavy atom. The monoisotopic (exact) mass is 440 g/mol. The van der Waals surface area contributed by atoms with Crippen LogP contribution in [0.25, 0.3) is 0 Å². The van der Waals surface area contributed by atoms with E-state index in [9.17, 15) is 25.2 Å². The van der Waals surface area contributed by atoms with Gasteiger partial charge in [0.25, 0.3) is 0 Å². The number of alkyl halides is 1. The molecule has 0 aromatic rings. The highest BCUT2D eigenvalue weighted by atomic mass is 35.5. The van der Waals surface area contributed by atoms with Crippen LogP contribution in [-0.4, -0.2) is 98.1 Å². The third-order valence-corrected chi connectivity index (χ3v) is 6.94. The third kappa shape index (κ3) is 4.95. The van der Waals surface area contributed by atoms with Crippen molar-refractivity contribution in [2.75, 3.05) is 13.3 Å². The van der Waals surface area contributed by atoms with Gasteiger partial charge in [0.05, 0.1) is 17.5 Å². The number of carbonyl (C=O) groups excluding carboxylic acids is 1. The summed E-state index contributed by atoms with van der Waals surface area (Å²) in [6.45, 7) is 3.70. The summed E-state index contributed by atoms with van der Waals surface area (Å²) in [6.07, 6.45) is -1.71. The molecule has 10 atom stereocenters. The van der Waals surface area contributed by atoms with Gasteiger partial charge < -0.3 is 30.5 Å². The maximum Gasteiger partial charge on any atom is 0.237 e. The second-order valence-corrected chi connectivity index (χ2v) is 9.39. The van der Waals surface area contributed by atoms with Crippen molar-refractivity contribution in [3.8, 4) is 0 Å². The largest absolute Gasteiger partial charge is 0.388 e. The summed E-state index contributed by atoms with van der Waals surface area (Å²) in [6, 6.07) is -1.30. The minimum absolute atomic E-state index is 0.0204. The fourth-order valence-corrected chi connectivity index (χ4v) is 4.99. The van der Waals surface area contributed by atoms with E-state index in [1.54, 1.807) is 25.1 Å². The molecule has 2 fully saturated rings. The number of aliphatic hydroxyl groups is 4. The molecule has 1 amide bonds. The van der Waals surface area contributed by atoms with Crippen LogP contribution in [0.2, 0.25) is 0 Å². The average molecular weight is 441 g/mol. The average Bonchev–Trinajstić information content (AvgIpc) is 2.93. The first-order valence-electron chi connectivity index (χ1n) is 9.70. The first-order chi connectivity index (χ1) is 13.1. The van der Waals surface area contributed by atoms with Gasteiger partial charge in [-0.3, -0.25) is 9.69 Å². The molecule has 0 aromatic heterocycles. The van der Waals surface area contributed by atoms with Crippen LogP contribution in [-0.2, 0) is 9.53 Å². The van der Waals surface area contributed by atoms with Crippen molar-refractivity contribution in [2.24, 2.45) is 5.92 Å². The number of hydrogen-bond acceptors (Lipinski definition) is 8. The number of likely N-dealkylation sites (N-methyl/N-ethyl adjacent to an activating group) is 1. The normalized spacial score (nSPS) is 41.6. The van der Waals surface area contributed by atoms with Gasteiger partial charge in [0.2, 0.25) is 5.91 Å². The smallest absolute Gasteiger partial charge is 0.237 e. The standard InChI is InChI=1S/C18H33ClN2O6S/c1-5-6-9-7-10(21(3)17(9)26)16(25)20-11(8(2)19)15-13(23)12(22)14(24)18(27-15)28-4/h8-15,17-18,22-24,26H,5-7H2,1-4H3,(H,20,25)/t8-,9+,10-,11+,12-,13+,14+,15+,17?,18+/m0/s1. The van der Waals surface area contributed by atoms with Crippen molar-refractivity contribution in [3.63, 3.8) is 0 Å². The first kappa shape index (κ1) is 24.1. The van der Waals surface area contributed by atoms with E-state index < -0.39 is 53.5 Å². The number of likely N-dealkylation sites (tertiary alicyclic amines) is 1. The summed E-state index contributed by atoms with van der Waals surface area (Å²) in [5.74, 6) is -0.290. The molecule has 10 heteroatoms. The number of nitrogens with zero attached hydrogens (tertiary/aromatic N) is 1. The minimum atomic E-state index is -1.41. The molecular weight excluding hydrogens is 408 g/mol. The Morgan fingerprint density at radius 3 is 2.46 bits per heavy atom. The van der Waals surface area contributed by atoms with E-state index in [0.29, 0.717) is 6.42 Å². The quantitative estimate of drug-likeness (QED) is 0.342. The topological polar surface area (TPSA) is 122 Å². The number of nitrogens with one attached hydrogen (secondary N) is 1. The Hall–Kier alpha value is -0.130. The number of aliphatic hydroxyl groups excluding tert-OH is 4. The van der Waals surface area contributed by atoms with E-state index in [1.165, 1.54) is 11.8 Å². The van der Waals surface area contributed by atoms with Crippen molar-refractivity contribution in [3.05, 3.63) is 0 Å². The van der Waals surface area contributed by atoms with Gasteiger partial charge in [-0.2, -0.15) is 0 Å². The second kappa shape index (κ2) is 10.3. The molecule has 5 N–H and O–H groups in total. The van der Waals surface area contributed by atoms with Gasteiger partial charge in [0.15, 0.2) is 0 Å². The van der Waals surface area contributed by atoms with Crippen LogP contribution in [0.3, 0.4) is 0 Å². The summed E-state index contributed by atoms with van der Waals surface area (Å²) in [5.41, 5.74) is -0.747. The third-order valence-electron chi connectivity index (χ3n) is 5.82. The molecule has 2 aliphatic rings. The highest BCUT2D eigenvalue weighted by Crippen LogP contribution is 2.32. The lowest BCUT2D eigenvalue weighted by atomic mass is 9.92. The van der Waals surface area contributed by atoms with Crippen molar-refractivity contribution in [2.45, 2.75) is 86.7 Å². The summed E-state index contributed by atoms with van der Waals surface area (Å²) in [4.78, 5) is 14.6. The molecule has 8 nitrogen and oxygen atoms in total. The van der Waals surface area contributed by atoms with Gasteiger partial charge in [0.1, 0.15) is 36.1 Å². The van der Waals surface area contributed by atoms with Crippen LogP contribution in [0.5, 0.6) is 0 Å². The van der Waals surface area contributed by atoms with Crippen LogP contribution in [0, 0.1) is 5.92 Å². The van der Waals surface area contributed by atoms with E-state index in [0.717, 1.165) is 12.8 Å². The predicted octanol–water partition coefficient (Wildman–Crippen LogP) is -0.292. The predicted molar refractivity (Wildman–Crippen MR) is 108 cm³/mol. The zero-order valence-electron chi connectivity index (χ0n) is 16.7. The molecule has 2 saturated heterocycles. The first-order valence-corrected chi connectivity index (χ1v) is 11.4. The van der Waals surface area contributed by atoms with Crippen molar-refractivity contribution < 1.29 is 30.0 Å². The fraction of sp³-hybridized carbons (Fsp3) is 0.944. The number of thioether (sulfide) groups is 1. The minimum Gasteiger partial charge on any atom is -0.388 e. The second-order valence-electron chi connectivity index (χ2n) is 7.77. The molecule has 0 radical (unpaired) electrons. The highest BCUT2D eigenvalue weighted by molar-refractivity contribution is 7.99. The molecule has 164 valence electrons. The summed E-state index contributed by atoms with van der Waals surface area (Å²) >= 11 is 7.49. The van der Waals surface area contributed by atoms with Crippen molar-refractivity contribution >= 4 is 29.3 Å². The Kier molecular flexibility index (Phi) is 8.84. The Bertz CT molecular complexity index is 528. The number of carbonyl (C=O) groups is 1. The van der Waals surface area contributed by atoms with Crippen molar-refractivity contribution in [1.82, 2.24) is 10.2 Å². The van der Waals surface area contributed by atoms with Crippen LogP contribution in [0.4, 0.5) is 0 Å². The summed E-state index contributed by atoms with van der Waals surface area (Å²) in [7, 11) is 1.71. The van der Waals surface area contributed by atoms with Crippen LogP contribution < -0.4 is 5.32 Å². The molecule has 1 unspecified atom stereocenters. The van der Waals surface area contributed by atoms with E-state index in [2.05, 4.69) is 5.32 Å². The molecule has 0 saturated carbocycles. The zero-order chi connectivity index (χ0) is 21.2. The van der Waals surface area contributed by atoms with E-state index in [4.69, 9.17) is 16.3 Å². The fourth-order valence-electron chi connectivity index (χ4n) is 4.11. The van der Waals surface area contributed by atoms with Crippen LogP contribution in [0.1, 0.15) is 33.1 Å². The lowest BCUT2D eigenvalue weighted by molar-refractivity contribution is -0.205. The summed E-state index contributed by atoms with van der Waals surface area (Å²) in [5, 5.41) is 43.2. The molecule has 0 aliphatic carbocycles. The van der Waals surface area contributed by atoms with Crippen molar-refractivity contribution in [1.29, 1.82) is 0 Å². The van der Waals surface area contributed by atoms with Crippen LogP contribution in [0.15, 0.2) is 0 Å². The van der Waals surface area contributed by atoms with E-state index in [-0.39, 0.29) is 11.8 Å². The molecule has 2 aliphatic heterocycles. The van der Waals surface area contributed by atoms with Gasteiger partial charge >= 0.3 is 0 Å². The van der Waals surface area contributed by atoms with Gasteiger partial charge in [-0.1, -0.05) is 13.3 Å². The van der Waals surface area contributed by atoms with Gasteiger partial charge in [-0.25, -0.2) is 0 Å². The lowest BCUT2D eigenvalue weighted by Crippen LogP contribution is -2.65. The van der Waals surface area contributed by atoms with Gasteiger partial charge in [-0.05, 0) is 33.1 Å². The maximum atomic E-state index is 12.9. The molecule has 2 heterocycles. The molecule has 2 rings (SSSR count). The number of hydrogen-bond donors (Lipinski definition) is 5. The van der Waals surface area contributed by atoms with Crippen LogP contribution >= 0.6 is 23.4 Å². The number of amides is 1. The lowest BCUT2D eigenvalue weighted by Gasteiger charge is -2.44. The zero-order valence-corrected chi connectivity index (χ0v) is 18.3. The molecule has 28 heavy (non-hydrogen) atoms. The van der Waals surface area contributed by atoms with Gasteiger partial charge in [0, 0.05) is 5.92 Å². The van der Waals surface area contributed by atoms with E-state index >= 15 is 0 Å². The maximum absolute atomic E-state index is 12.9. The number of ether oxygens (including phenoxy) is 1. The number of halogens is 1.